The largest absolute Gasteiger partial charge is 0.491 e. The first-order valence-electron chi connectivity index (χ1n) is 7.98. The Labute approximate surface area is 147 Å². The van der Waals surface area contributed by atoms with Crippen LogP contribution in [-0.2, 0) is 4.79 Å². The molecule has 0 fully saturated rings. The minimum absolute atomic E-state index is 0.0595. The minimum atomic E-state index is -0.795. The fraction of sp³-hybridized carbons (Fsp3) is 0.316. The van der Waals surface area contributed by atoms with Crippen LogP contribution in [0, 0.1) is 5.82 Å². The first-order chi connectivity index (χ1) is 12.0. The normalized spacial score (nSPS) is 14.2. The maximum atomic E-state index is 12.7. The molecule has 1 aromatic rings. The summed E-state index contributed by atoms with van der Waals surface area (Å²) in [6, 6.07) is 5.56. The SMILES string of the molecule is CNC(=O)CCC(O)C=CC=CC=CC(O)COc1ccc(F)cc1. The summed E-state index contributed by atoms with van der Waals surface area (Å²) in [4.78, 5) is 11.0. The van der Waals surface area contributed by atoms with Crippen molar-refractivity contribution in [1.82, 2.24) is 5.32 Å². The van der Waals surface area contributed by atoms with E-state index < -0.39 is 12.2 Å². The summed E-state index contributed by atoms with van der Waals surface area (Å²) in [5.41, 5.74) is 0. The molecule has 5 nitrogen and oxygen atoms in total. The van der Waals surface area contributed by atoms with Gasteiger partial charge in [-0.15, -0.1) is 0 Å². The Balaban J connectivity index is 2.24. The molecule has 0 saturated heterocycles. The Kier molecular flexibility index (Phi) is 9.89. The van der Waals surface area contributed by atoms with Gasteiger partial charge in [0.1, 0.15) is 24.3 Å². The Bertz CT molecular complexity index is 596. The molecule has 0 spiro atoms. The maximum absolute atomic E-state index is 12.7. The highest BCUT2D eigenvalue weighted by Crippen LogP contribution is 2.11. The number of amides is 1. The fourth-order valence-corrected chi connectivity index (χ4v) is 1.78. The second-order valence-electron chi connectivity index (χ2n) is 5.27. The predicted octanol–water partition coefficient (Wildman–Crippen LogP) is 2.12. The molecule has 0 bridgehead atoms. The maximum Gasteiger partial charge on any atom is 0.219 e. The molecular weight excluding hydrogens is 325 g/mol. The molecule has 25 heavy (non-hydrogen) atoms. The molecule has 136 valence electrons. The van der Waals surface area contributed by atoms with Crippen molar-refractivity contribution in [2.75, 3.05) is 13.7 Å². The van der Waals surface area contributed by atoms with E-state index in [2.05, 4.69) is 5.32 Å². The summed E-state index contributed by atoms with van der Waals surface area (Å²) in [5.74, 6) is 0.0329. The second-order valence-corrected chi connectivity index (χ2v) is 5.27. The van der Waals surface area contributed by atoms with E-state index in [1.54, 1.807) is 43.5 Å². The molecule has 0 aliphatic carbocycles. The van der Waals surface area contributed by atoms with Crippen molar-refractivity contribution in [2.24, 2.45) is 0 Å². The highest BCUT2D eigenvalue weighted by Gasteiger charge is 2.03. The monoisotopic (exact) mass is 349 g/mol. The molecule has 6 heteroatoms. The van der Waals surface area contributed by atoms with Crippen LogP contribution in [0.3, 0.4) is 0 Å². The van der Waals surface area contributed by atoms with E-state index in [1.165, 1.54) is 24.3 Å². The third-order valence-corrected chi connectivity index (χ3v) is 3.18. The van der Waals surface area contributed by atoms with E-state index in [-0.39, 0.29) is 24.8 Å². The van der Waals surface area contributed by atoms with E-state index in [0.717, 1.165) is 0 Å². The molecule has 2 unspecified atom stereocenters. The summed E-state index contributed by atoms with van der Waals surface area (Å²) in [6.07, 6.45) is 9.01. The number of allylic oxidation sites excluding steroid dienone is 4. The van der Waals surface area contributed by atoms with Crippen LogP contribution in [0.2, 0.25) is 0 Å². The Morgan fingerprint density at radius 1 is 1.12 bits per heavy atom. The highest BCUT2D eigenvalue weighted by molar-refractivity contribution is 5.75. The van der Waals surface area contributed by atoms with Crippen molar-refractivity contribution in [2.45, 2.75) is 25.0 Å². The molecule has 0 saturated carbocycles. The number of aliphatic hydroxyl groups is 2. The lowest BCUT2D eigenvalue weighted by Crippen LogP contribution is -2.19. The van der Waals surface area contributed by atoms with Crippen molar-refractivity contribution in [3.63, 3.8) is 0 Å². The molecule has 0 heterocycles. The number of carbonyl (C=O) groups excluding carboxylic acids is 1. The van der Waals surface area contributed by atoms with Crippen molar-refractivity contribution in [1.29, 1.82) is 0 Å². The van der Waals surface area contributed by atoms with Gasteiger partial charge >= 0.3 is 0 Å². The number of hydrogen-bond acceptors (Lipinski definition) is 4. The summed E-state index contributed by atoms with van der Waals surface area (Å²) in [5, 5.41) is 21.9. The van der Waals surface area contributed by atoms with E-state index in [4.69, 9.17) is 4.74 Å². The molecule has 3 N–H and O–H groups in total. The zero-order valence-electron chi connectivity index (χ0n) is 14.1. The molecule has 0 aliphatic heterocycles. The lowest BCUT2D eigenvalue weighted by Gasteiger charge is -2.08. The zero-order chi connectivity index (χ0) is 18.5. The van der Waals surface area contributed by atoms with Crippen LogP contribution in [-0.4, -0.2) is 42.0 Å². The molecule has 0 aliphatic rings. The van der Waals surface area contributed by atoms with Gasteiger partial charge in [-0.1, -0.05) is 36.5 Å². The quantitative estimate of drug-likeness (QED) is 0.566. The van der Waals surface area contributed by atoms with E-state index in [9.17, 15) is 19.4 Å². The molecule has 1 rings (SSSR count). The summed E-state index contributed by atoms with van der Waals surface area (Å²) in [7, 11) is 1.55. The van der Waals surface area contributed by atoms with Crippen molar-refractivity contribution in [3.8, 4) is 5.75 Å². The van der Waals surface area contributed by atoms with Crippen LogP contribution < -0.4 is 10.1 Å². The van der Waals surface area contributed by atoms with Gasteiger partial charge in [0.15, 0.2) is 0 Å². The van der Waals surface area contributed by atoms with Gasteiger partial charge in [0.05, 0.1) is 6.10 Å². The molecule has 1 aromatic carbocycles. The third-order valence-electron chi connectivity index (χ3n) is 3.18. The lowest BCUT2D eigenvalue weighted by atomic mass is 10.2. The second kappa shape index (κ2) is 12.0. The van der Waals surface area contributed by atoms with Crippen molar-refractivity contribution >= 4 is 5.91 Å². The first-order valence-corrected chi connectivity index (χ1v) is 7.98. The third kappa shape index (κ3) is 10.1. The van der Waals surface area contributed by atoms with E-state index >= 15 is 0 Å². The first kappa shape index (κ1) is 20.6. The average Bonchev–Trinajstić information content (AvgIpc) is 2.62. The number of nitrogens with one attached hydrogen (secondary N) is 1. The standard InChI is InChI=1S/C19H24FNO4/c1-21-19(24)13-10-16(22)6-4-2-3-5-7-17(23)14-25-18-11-8-15(20)9-12-18/h2-9,11-12,16-17,22-23H,10,13-14H2,1H3,(H,21,24). The zero-order valence-corrected chi connectivity index (χ0v) is 14.1. The van der Waals surface area contributed by atoms with Gasteiger partial charge in [0.25, 0.3) is 0 Å². The highest BCUT2D eigenvalue weighted by atomic mass is 19.1. The summed E-state index contributed by atoms with van der Waals surface area (Å²) < 4.78 is 18.1. The van der Waals surface area contributed by atoms with Crippen LogP contribution in [0.1, 0.15) is 12.8 Å². The Hall–Kier alpha value is -2.44. The number of hydrogen-bond donors (Lipinski definition) is 3. The fourth-order valence-electron chi connectivity index (χ4n) is 1.78. The van der Waals surface area contributed by atoms with Gasteiger partial charge in [-0.05, 0) is 30.7 Å². The van der Waals surface area contributed by atoms with Gasteiger partial charge in [-0.25, -0.2) is 4.39 Å². The number of rotatable bonds is 10. The van der Waals surface area contributed by atoms with Gasteiger partial charge < -0.3 is 20.3 Å². The predicted molar refractivity (Wildman–Crippen MR) is 94.6 cm³/mol. The van der Waals surface area contributed by atoms with Gasteiger partial charge in [0, 0.05) is 13.5 Å². The number of ether oxygens (including phenoxy) is 1. The number of benzene rings is 1. The van der Waals surface area contributed by atoms with E-state index in [0.29, 0.717) is 12.2 Å². The lowest BCUT2D eigenvalue weighted by molar-refractivity contribution is -0.121. The van der Waals surface area contributed by atoms with Crippen LogP contribution in [0.5, 0.6) is 5.75 Å². The number of halogens is 1. The van der Waals surface area contributed by atoms with Gasteiger partial charge in [-0.2, -0.15) is 0 Å². The molecule has 0 aromatic heterocycles. The van der Waals surface area contributed by atoms with Crippen LogP contribution in [0.15, 0.2) is 60.7 Å². The number of carbonyl (C=O) groups is 1. The minimum Gasteiger partial charge on any atom is -0.491 e. The van der Waals surface area contributed by atoms with Crippen LogP contribution >= 0.6 is 0 Å². The molecular formula is C19H24FNO4. The summed E-state index contributed by atoms with van der Waals surface area (Å²) >= 11 is 0. The Morgan fingerprint density at radius 3 is 2.32 bits per heavy atom. The Morgan fingerprint density at radius 2 is 1.72 bits per heavy atom. The topological polar surface area (TPSA) is 78.8 Å². The van der Waals surface area contributed by atoms with E-state index in [1.807, 2.05) is 0 Å². The molecule has 0 radical (unpaired) electrons. The summed E-state index contributed by atoms with van der Waals surface area (Å²) in [6.45, 7) is 0.0595. The van der Waals surface area contributed by atoms with Crippen LogP contribution in [0.25, 0.3) is 0 Å². The van der Waals surface area contributed by atoms with Crippen molar-refractivity contribution < 1.29 is 24.1 Å². The van der Waals surface area contributed by atoms with Crippen LogP contribution in [0.4, 0.5) is 4.39 Å². The average molecular weight is 349 g/mol. The number of aliphatic hydroxyl groups excluding tert-OH is 2. The van der Waals surface area contributed by atoms with Crippen molar-refractivity contribution in [3.05, 3.63) is 66.5 Å². The smallest absolute Gasteiger partial charge is 0.219 e. The molecule has 1 amide bonds. The molecule has 2 atom stereocenters. The van der Waals surface area contributed by atoms with Gasteiger partial charge in [-0.3, -0.25) is 4.79 Å². The van der Waals surface area contributed by atoms with Gasteiger partial charge in [0.2, 0.25) is 5.91 Å².